The van der Waals surface area contributed by atoms with Crippen LogP contribution in [0.2, 0.25) is 0 Å². The first-order chi connectivity index (χ1) is 6.22. The predicted octanol–water partition coefficient (Wildman–Crippen LogP) is 0.179. The molecule has 3 unspecified atom stereocenters. The number of hydrogen-bond acceptors (Lipinski definition) is 3. The van der Waals surface area contributed by atoms with Crippen molar-refractivity contribution in [2.45, 2.75) is 43.8 Å². The van der Waals surface area contributed by atoms with Crippen molar-refractivity contribution in [2.75, 3.05) is 13.7 Å². The Morgan fingerprint density at radius 1 is 1.38 bits per heavy atom. The molecule has 2 aliphatic heterocycles. The molecule has 0 amide bonds. The molecule has 3 atom stereocenters. The zero-order valence-electron chi connectivity index (χ0n) is 8.32. The van der Waals surface area contributed by atoms with E-state index >= 15 is 0 Å². The first-order valence-electron chi connectivity index (χ1n) is 5.30. The maximum absolute atomic E-state index is 9.01. The van der Waals surface area contributed by atoms with Gasteiger partial charge in [-0.15, -0.1) is 0 Å². The highest BCUT2D eigenvalue weighted by molar-refractivity contribution is 4.95. The summed E-state index contributed by atoms with van der Waals surface area (Å²) in [4.78, 5) is 2.50. The third-order valence-corrected chi connectivity index (χ3v) is 3.95. The highest BCUT2D eigenvalue weighted by atomic mass is 16.3. The minimum absolute atomic E-state index is 0.0109. The Hall–Kier alpha value is -0.120. The number of piperidine rings is 1. The fraction of sp³-hybridized carbons (Fsp3) is 1.00. The average Bonchev–Trinajstić information content (AvgIpc) is 2.42. The molecule has 3 N–H and O–H groups in total. The molecule has 2 aliphatic rings. The van der Waals surface area contributed by atoms with Crippen LogP contribution in [0.25, 0.3) is 0 Å². The molecule has 2 heterocycles. The number of rotatable bonds is 2. The number of hydrogen-bond donors (Lipinski definition) is 2. The van der Waals surface area contributed by atoms with Crippen molar-refractivity contribution in [1.82, 2.24) is 4.90 Å². The van der Waals surface area contributed by atoms with Gasteiger partial charge in [0.2, 0.25) is 0 Å². The zero-order chi connectivity index (χ0) is 9.42. The molecule has 0 saturated carbocycles. The van der Waals surface area contributed by atoms with E-state index in [1.807, 2.05) is 0 Å². The number of nitrogens with two attached hydrogens (primary N) is 1. The number of nitrogens with zero attached hydrogens (tertiary/aromatic N) is 1. The highest BCUT2D eigenvalue weighted by Crippen LogP contribution is 2.38. The second-order valence-electron chi connectivity index (χ2n) is 4.63. The van der Waals surface area contributed by atoms with Crippen molar-refractivity contribution < 1.29 is 5.11 Å². The molecular formula is C10H20N2O. The van der Waals surface area contributed by atoms with Crippen LogP contribution in [0.4, 0.5) is 0 Å². The van der Waals surface area contributed by atoms with Gasteiger partial charge in [-0.05, 0) is 38.6 Å². The Kier molecular flexibility index (Phi) is 2.58. The first kappa shape index (κ1) is 9.44. The quantitative estimate of drug-likeness (QED) is 0.643. The van der Waals surface area contributed by atoms with Gasteiger partial charge >= 0.3 is 0 Å². The van der Waals surface area contributed by atoms with Gasteiger partial charge in [-0.2, -0.15) is 0 Å². The van der Waals surface area contributed by atoms with Crippen LogP contribution in [-0.2, 0) is 0 Å². The maximum atomic E-state index is 9.01. The van der Waals surface area contributed by atoms with Crippen LogP contribution >= 0.6 is 0 Å². The van der Waals surface area contributed by atoms with Crippen LogP contribution < -0.4 is 5.73 Å². The Labute approximate surface area is 79.9 Å². The molecule has 0 aromatic heterocycles. The predicted molar refractivity (Wildman–Crippen MR) is 52.4 cm³/mol. The molecule has 0 aromatic rings. The molecule has 2 rings (SSSR count). The largest absolute Gasteiger partial charge is 0.395 e. The van der Waals surface area contributed by atoms with Gasteiger partial charge in [-0.1, -0.05) is 0 Å². The molecule has 76 valence electrons. The van der Waals surface area contributed by atoms with E-state index in [0.29, 0.717) is 5.92 Å². The van der Waals surface area contributed by atoms with E-state index in [1.165, 1.54) is 25.7 Å². The van der Waals surface area contributed by atoms with Gasteiger partial charge in [0.15, 0.2) is 0 Å². The van der Waals surface area contributed by atoms with Crippen LogP contribution in [0.15, 0.2) is 0 Å². The average molecular weight is 184 g/mol. The van der Waals surface area contributed by atoms with Gasteiger partial charge in [0, 0.05) is 18.1 Å². The third-order valence-electron chi connectivity index (χ3n) is 3.95. The van der Waals surface area contributed by atoms with E-state index in [4.69, 9.17) is 10.8 Å². The normalized spacial score (nSPS) is 42.2. The van der Waals surface area contributed by atoms with Crippen molar-refractivity contribution in [3.05, 3.63) is 0 Å². The highest BCUT2D eigenvalue weighted by Gasteiger charge is 2.39. The van der Waals surface area contributed by atoms with E-state index in [9.17, 15) is 0 Å². The fourth-order valence-corrected chi connectivity index (χ4v) is 2.95. The minimum atomic E-state index is 0.0109. The third kappa shape index (κ3) is 1.60. The van der Waals surface area contributed by atoms with Gasteiger partial charge in [-0.25, -0.2) is 0 Å². The molecule has 0 spiro atoms. The van der Waals surface area contributed by atoms with Gasteiger partial charge in [-0.3, -0.25) is 0 Å². The van der Waals surface area contributed by atoms with Crippen molar-refractivity contribution in [3.8, 4) is 0 Å². The van der Waals surface area contributed by atoms with E-state index in [0.717, 1.165) is 12.1 Å². The molecule has 2 saturated heterocycles. The van der Waals surface area contributed by atoms with Crippen molar-refractivity contribution in [2.24, 2.45) is 11.7 Å². The Morgan fingerprint density at radius 3 is 2.38 bits per heavy atom. The molecule has 3 heteroatoms. The zero-order valence-corrected chi connectivity index (χ0v) is 8.32. The van der Waals surface area contributed by atoms with Gasteiger partial charge < -0.3 is 15.7 Å². The monoisotopic (exact) mass is 184 g/mol. The van der Waals surface area contributed by atoms with E-state index in [-0.39, 0.29) is 12.6 Å². The maximum Gasteiger partial charge on any atom is 0.0585 e. The summed E-state index contributed by atoms with van der Waals surface area (Å²) < 4.78 is 0. The number of fused-ring (bicyclic) bond motifs is 2. The molecule has 3 nitrogen and oxygen atoms in total. The Balaban J connectivity index is 1.98. The SMILES string of the molecule is CN1C2CCC1CC(C(N)CO)C2. The van der Waals surface area contributed by atoms with Crippen molar-refractivity contribution in [1.29, 1.82) is 0 Å². The van der Waals surface area contributed by atoms with Gasteiger partial charge in [0.05, 0.1) is 6.61 Å². The summed E-state index contributed by atoms with van der Waals surface area (Å²) in [5.41, 5.74) is 5.88. The molecule has 13 heavy (non-hydrogen) atoms. The van der Waals surface area contributed by atoms with Crippen molar-refractivity contribution in [3.63, 3.8) is 0 Å². The number of aliphatic hydroxyl groups is 1. The fourth-order valence-electron chi connectivity index (χ4n) is 2.95. The second-order valence-corrected chi connectivity index (χ2v) is 4.63. The van der Waals surface area contributed by atoms with Gasteiger partial charge in [0.1, 0.15) is 0 Å². The lowest BCUT2D eigenvalue weighted by Crippen LogP contribution is -2.46. The van der Waals surface area contributed by atoms with Crippen LogP contribution in [0, 0.1) is 5.92 Å². The van der Waals surface area contributed by atoms with Crippen LogP contribution in [0.1, 0.15) is 25.7 Å². The second kappa shape index (κ2) is 3.56. The summed E-state index contributed by atoms with van der Waals surface area (Å²) in [5.74, 6) is 0.554. The first-order valence-corrected chi connectivity index (χ1v) is 5.30. The van der Waals surface area contributed by atoms with E-state index in [2.05, 4.69) is 11.9 Å². The van der Waals surface area contributed by atoms with Crippen molar-refractivity contribution >= 4 is 0 Å². The molecule has 0 radical (unpaired) electrons. The lowest BCUT2D eigenvalue weighted by Gasteiger charge is -2.38. The van der Waals surface area contributed by atoms with E-state index in [1.54, 1.807) is 0 Å². The molecular weight excluding hydrogens is 164 g/mol. The summed E-state index contributed by atoms with van der Waals surface area (Å²) in [6.45, 7) is 0.147. The molecule has 2 bridgehead atoms. The van der Waals surface area contributed by atoms with Crippen LogP contribution in [-0.4, -0.2) is 41.8 Å². The van der Waals surface area contributed by atoms with Crippen LogP contribution in [0.3, 0.4) is 0 Å². The minimum Gasteiger partial charge on any atom is -0.395 e. The lowest BCUT2D eigenvalue weighted by atomic mass is 9.86. The van der Waals surface area contributed by atoms with E-state index < -0.39 is 0 Å². The Bertz CT molecular complexity index is 172. The summed E-state index contributed by atoms with van der Waals surface area (Å²) in [6, 6.07) is 1.49. The Morgan fingerprint density at radius 2 is 1.92 bits per heavy atom. The smallest absolute Gasteiger partial charge is 0.0585 e. The topological polar surface area (TPSA) is 49.5 Å². The standard InChI is InChI=1S/C10H20N2O/c1-12-8-2-3-9(12)5-7(4-8)10(11)6-13/h7-10,13H,2-6,11H2,1H3. The lowest BCUT2D eigenvalue weighted by molar-refractivity contribution is 0.103. The molecule has 0 aliphatic carbocycles. The molecule has 0 aromatic carbocycles. The van der Waals surface area contributed by atoms with Gasteiger partial charge in [0.25, 0.3) is 0 Å². The summed E-state index contributed by atoms with van der Waals surface area (Å²) >= 11 is 0. The summed E-state index contributed by atoms with van der Waals surface area (Å²) in [7, 11) is 2.23. The number of aliphatic hydroxyl groups excluding tert-OH is 1. The summed E-state index contributed by atoms with van der Waals surface area (Å²) in [6.07, 6.45) is 5.04. The molecule has 2 fully saturated rings. The summed E-state index contributed by atoms with van der Waals surface area (Å²) in [5, 5.41) is 9.01. The van der Waals surface area contributed by atoms with Crippen LogP contribution in [0.5, 0.6) is 0 Å².